The minimum atomic E-state index is -0.514. The van der Waals surface area contributed by atoms with Crippen molar-refractivity contribution >= 4 is 12.3 Å². The first-order valence-corrected chi connectivity index (χ1v) is 10.8. The van der Waals surface area contributed by atoms with Crippen LogP contribution in [0.4, 0.5) is 0 Å². The molecule has 4 heteroatoms. The van der Waals surface area contributed by atoms with Crippen molar-refractivity contribution in [3.05, 3.63) is 71.8 Å². The molecule has 162 valence electrons. The van der Waals surface area contributed by atoms with Crippen LogP contribution in [0.1, 0.15) is 70.5 Å². The number of carbonyl (C=O) groups excluding carboxylic acids is 2. The van der Waals surface area contributed by atoms with Gasteiger partial charge in [-0.25, -0.2) is 0 Å². The van der Waals surface area contributed by atoms with E-state index in [1.807, 2.05) is 57.2 Å². The Morgan fingerprint density at radius 1 is 1.03 bits per heavy atom. The first-order chi connectivity index (χ1) is 14.3. The van der Waals surface area contributed by atoms with Crippen LogP contribution in [0.3, 0.4) is 0 Å². The van der Waals surface area contributed by atoms with Gasteiger partial charge in [0.1, 0.15) is 11.9 Å². The number of esters is 1. The summed E-state index contributed by atoms with van der Waals surface area (Å²) >= 11 is 0. The zero-order valence-electron chi connectivity index (χ0n) is 18.7. The van der Waals surface area contributed by atoms with Gasteiger partial charge in [-0.3, -0.25) is 9.69 Å². The maximum atomic E-state index is 12.7. The van der Waals surface area contributed by atoms with E-state index in [2.05, 4.69) is 36.1 Å². The highest BCUT2D eigenvalue weighted by Gasteiger charge is 2.28. The maximum Gasteiger partial charge on any atom is 0.307 e. The van der Waals surface area contributed by atoms with Crippen LogP contribution >= 0.6 is 0 Å². The number of hydrogen-bond acceptors (Lipinski definition) is 4. The Hall–Kier alpha value is -2.46. The third-order valence-electron chi connectivity index (χ3n) is 5.14. The summed E-state index contributed by atoms with van der Waals surface area (Å²) in [7, 11) is 0. The lowest BCUT2D eigenvalue weighted by atomic mass is 9.98. The van der Waals surface area contributed by atoms with E-state index in [0.717, 1.165) is 25.7 Å². The second-order valence-electron chi connectivity index (χ2n) is 8.79. The highest BCUT2D eigenvalue weighted by molar-refractivity contribution is 5.70. The van der Waals surface area contributed by atoms with Crippen molar-refractivity contribution < 1.29 is 14.3 Å². The Labute approximate surface area is 181 Å². The molecule has 2 aromatic carbocycles. The lowest BCUT2D eigenvalue weighted by molar-refractivity contribution is -0.156. The number of unbranched alkanes of at least 4 members (excludes halogenated alkanes) is 1. The van der Waals surface area contributed by atoms with Crippen molar-refractivity contribution in [2.24, 2.45) is 0 Å². The van der Waals surface area contributed by atoms with E-state index in [-0.39, 0.29) is 18.1 Å². The average molecular weight is 410 g/mol. The number of benzene rings is 2. The molecule has 0 saturated carbocycles. The van der Waals surface area contributed by atoms with E-state index in [1.165, 1.54) is 11.1 Å². The molecule has 0 aliphatic heterocycles. The van der Waals surface area contributed by atoms with E-state index in [4.69, 9.17) is 4.74 Å². The standard InChI is InChI=1S/C26H35NO3/c1-21(23-15-9-6-10-16-23)27(20-22-13-7-5-8-14-22)24(17-11-12-18-28)19-25(29)30-26(2,3)4/h5-10,13-16,18,21,24H,11-12,17,19-20H2,1-4H3/t21-,24-/m0/s1. The van der Waals surface area contributed by atoms with Crippen molar-refractivity contribution in [2.45, 2.75) is 77.6 Å². The summed E-state index contributed by atoms with van der Waals surface area (Å²) in [6.45, 7) is 8.58. The van der Waals surface area contributed by atoms with Crippen LogP contribution in [-0.2, 0) is 20.9 Å². The van der Waals surface area contributed by atoms with Crippen LogP contribution < -0.4 is 0 Å². The number of ether oxygens (including phenoxy) is 1. The SMILES string of the molecule is C[C@@H](c1ccccc1)N(Cc1ccccc1)[C@@H](CCCC=O)CC(=O)OC(C)(C)C. The number of aldehydes is 1. The van der Waals surface area contributed by atoms with E-state index >= 15 is 0 Å². The van der Waals surface area contributed by atoms with E-state index in [1.54, 1.807) is 0 Å². The minimum absolute atomic E-state index is 0.0183. The molecule has 0 N–H and O–H groups in total. The first kappa shape index (κ1) is 23.8. The minimum Gasteiger partial charge on any atom is -0.460 e. The zero-order valence-corrected chi connectivity index (χ0v) is 18.7. The molecule has 0 bridgehead atoms. The van der Waals surface area contributed by atoms with Gasteiger partial charge in [-0.2, -0.15) is 0 Å². The van der Waals surface area contributed by atoms with Gasteiger partial charge in [-0.1, -0.05) is 60.7 Å². The van der Waals surface area contributed by atoms with Gasteiger partial charge in [0.15, 0.2) is 0 Å². The van der Waals surface area contributed by atoms with Crippen molar-refractivity contribution in [1.82, 2.24) is 4.90 Å². The smallest absolute Gasteiger partial charge is 0.307 e. The molecule has 2 rings (SSSR count). The second kappa shape index (κ2) is 11.7. The molecule has 0 aliphatic carbocycles. The zero-order chi connectivity index (χ0) is 22.0. The fourth-order valence-electron chi connectivity index (χ4n) is 3.70. The van der Waals surface area contributed by atoms with Gasteiger partial charge in [0, 0.05) is 25.0 Å². The molecule has 2 atom stereocenters. The highest BCUT2D eigenvalue weighted by Crippen LogP contribution is 2.29. The summed E-state index contributed by atoms with van der Waals surface area (Å²) in [5, 5.41) is 0. The van der Waals surface area contributed by atoms with Crippen LogP contribution in [0, 0.1) is 0 Å². The fraction of sp³-hybridized carbons (Fsp3) is 0.462. The van der Waals surface area contributed by atoms with Gasteiger partial charge in [0.25, 0.3) is 0 Å². The predicted molar refractivity (Wildman–Crippen MR) is 121 cm³/mol. The van der Waals surface area contributed by atoms with Crippen LogP contribution in [-0.4, -0.2) is 28.8 Å². The molecule has 0 aromatic heterocycles. The Morgan fingerprint density at radius 2 is 1.63 bits per heavy atom. The van der Waals surface area contributed by atoms with Gasteiger partial charge in [-0.15, -0.1) is 0 Å². The van der Waals surface area contributed by atoms with Crippen LogP contribution in [0.2, 0.25) is 0 Å². The molecule has 0 aliphatic rings. The topological polar surface area (TPSA) is 46.6 Å². The molecule has 0 radical (unpaired) electrons. The lowest BCUT2D eigenvalue weighted by Gasteiger charge is -2.37. The number of rotatable bonds is 11. The maximum absolute atomic E-state index is 12.7. The number of carbonyl (C=O) groups is 2. The Kier molecular flexibility index (Phi) is 9.25. The molecular formula is C26H35NO3. The van der Waals surface area contributed by atoms with Crippen molar-refractivity contribution in [2.75, 3.05) is 0 Å². The van der Waals surface area contributed by atoms with Gasteiger partial charge >= 0.3 is 5.97 Å². The summed E-state index contributed by atoms with van der Waals surface area (Å²) in [4.78, 5) is 26.0. The summed E-state index contributed by atoms with van der Waals surface area (Å²) in [6, 6.07) is 20.8. The van der Waals surface area contributed by atoms with Crippen LogP contribution in [0.25, 0.3) is 0 Å². The summed E-state index contributed by atoms with van der Waals surface area (Å²) in [5.74, 6) is -0.197. The van der Waals surface area contributed by atoms with Crippen molar-refractivity contribution in [3.8, 4) is 0 Å². The van der Waals surface area contributed by atoms with Gasteiger partial charge < -0.3 is 9.53 Å². The van der Waals surface area contributed by atoms with E-state index in [9.17, 15) is 9.59 Å². The highest BCUT2D eigenvalue weighted by atomic mass is 16.6. The molecule has 0 unspecified atom stereocenters. The quantitative estimate of drug-likeness (QED) is 0.270. The third-order valence-corrected chi connectivity index (χ3v) is 5.14. The fourth-order valence-corrected chi connectivity index (χ4v) is 3.70. The van der Waals surface area contributed by atoms with Crippen LogP contribution in [0.15, 0.2) is 60.7 Å². The van der Waals surface area contributed by atoms with E-state index < -0.39 is 5.60 Å². The molecule has 0 saturated heterocycles. The van der Waals surface area contributed by atoms with Crippen molar-refractivity contribution in [1.29, 1.82) is 0 Å². The Morgan fingerprint density at radius 3 is 2.20 bits per heavy atom. The van der Waals surface area contributed by atoms with Crippen molar-refractivity contribution in [3.63, 3.8) is 0 Å². The Bertz CT molecular complexity index is 768. The molecule has 0 spiro atoms. The molecule has 30 heavy (non-hydrogen) atoms. The largest absolute Gasteiger partial charge is 0.460 e. The molecule has 0 heterocycles. The third kappa shape index (κ3) is 8.11. The molecule has 2 aromatic rings. The van der Waals surface area contributed by atoms with Gasteiger partial charge in [-0.05, 0) is 51.7 Å². The Balaban J connectivity index is 2.31. The van der Waals surface area contributed by atoms with E-state index in [0.29, 0.717) is 12.8 Å². The van der Waals surface area contributed by atoms with Crippen LogP contribution in [0.5, 0.6) is 0 Å². The second-order valence-corrected chi connectivity index (χ2v) is 8.79. The predicted octanol–water partition coefficient (Wildman–Crippen LogP) is 5.72. The van der Waals surface area contributed by atoms with Gasteiger partial charge in [0.2, 0.25) is 0 Å². The number of nitrogens with zero attached hydrogens (tertiary/aromatic N) is 1. The number of hydrogen-bond donors (Lipinski definition) is 0. The molecule has 4 nitrogen and oxygen atoms in total. The monoisotopic (exact) mass is 409 g/mol. The van der Waals surface area contributed by atoms with Gasteiger partial charge in [0.05, 0.1) is 6.42 Å². The lowest BCUT2D eigenvalue weighted by Crippen LogP contribution is -2.39. The molecular weight excluding hydrogens is 374 g/mol. The first-order valence-electron chi connectivity index (χ1n) is 10.8. The molecule has 0 fully saturated rings. The summed E-state index contributed by atoms with van der Waals surface area (Å²) in [6.07, 6.45) is 3.28. The average Bonchev–Trinajstić information content (AvgIpc) is 2.71. The molecule has 0 amide bonds. The summed E-state index contributed by atoms with van der Waals surface area (Å²) < 4.78 is 5.63. The normalized spacial score (nSPS) is 13.6. The summed E-state index contributed by atoms with van der Waals surface area (Å²) in [5.41, 5.74) is 1.89.